The van der Waals surface area contributed by atoms with Crippen LogP contribution >= 0.6 is 0 Å². The summed E-state index contributed by atoms with van der Waals surface area (Å²) in [6.45, 7) is 3.31. The summed E-state index contributed by atoms with van der Waals surface area (Å²) in [5, 5.41) is 5.51. The summed E-state index contributed by atoms with van der Waals surface area (Å²) in [6.07, 6.45) is 0. The Balaban J connectivity index is 2.18. The van der Waals surface area contributed by atoms with Gasteiger partial charge >= 0.3 is 0 Å². The number of benzene rings is 2. The third-order valence-electron chi connectivity index (χ3n) is 4.39. The Hall–Kier alpha value is -3.75. The molecule has 4 N–H and O–H groups in total. The first-order valence-electron chi connectivity index (χ1n) is 9.60. The van der Waals surface area contributed by atoms with Crippen LogP contribution in [0.1, 0.15) is 24.2 Å². The number of nitrogens with two attached hydrogens (primary N) is 1. The van der Waals surface area contributed by atoms with Crippen LogP contribution in [0, 0.1) is 5.92 Å². The molecule has 2 aromatic rings. The summed E-state index contributed by atoms with van der Waals surface area (Å²) < 4.78 is 15.7. The fraction of sp³-hybridized carbons (Fsp3) is 0.318. The molecule has 0 aliphatic heterocycles. The molecule has 3 amide bonds. The minimum absolute atomic E-state index is 0.192. The van der Waals surface area contributed by atoms with Crippen LogP contribution in [0.2, 0.25) is 0 Å². The first-order chi connectivity index (χ1) is 14.8. The number of amides is 3. The highest BCUT2D eigenvalue weighted by atomic mass is 16.5. The molecule has 0 aliphatic rings. The van der Waals surface area contributed by atoms with Crippen LogP contribution < -0.4 is 30.6 Å². The van der Waals surface area contributed by atoms with Crippen LogP contribution in [-0.2, 0) is 9.59 Å². The van der Waals surface area contributed by atoms with E-state index in [0.717, 1.165) is 0 Å². The molecule has 0 spiro atoms. The van der Waals surface area contributed by atoms with Crippen molar-refractivity contribution in [3.05, 3.63) is 48.0 Å². The summed E-state index contributed by atoms with van der Waals surface area (Å²) >= 11 is 0. The number of nitrogens with one attached hydrogen (secondary N) is 2. The number of hydrogen-bond donors (Lipinski definition) is 3. The van der Waals surface area contributed by atoms with Gasteiger partial charge < -0.3 is 30.6 Å². The second kappa shape index (κ2) is 10.9. The first kappa shape index (κ1) is 23.5. The predicted octanol–water partition coefficient (Wildman–Crippen LogP) is 1.96. The van der Waals surface area contributed by atoms with Gasteiger partial charge in [0, 0.05) is 11.8 Å². The van der Waals surface area contributed by atoms with E-state index >= 15 is 0 Å². The highest BCUT2D eigenvalue weighted by Gasteiger charge is 2.26. The number of ether oxygens (including phenoxy) is 3. The predicted molar refractivity (Wildman–Crippen MR) is 115 cm³/mol. The molecule has 0 aromatic heterocycles. The summed E-state index contributed by atoms with van der Waals surface area (Å²) in [5.41, 5.74) is 5.85. The van der Waals surface area contributed by atoms with Crippen LogP contribution in [0.3, 0.4) is 0 Å². The molecule has 2 aromatic carbocycles. The topological polar surface area (TPSA) is 129 Å². The molecule has 9 heteroatoms. The maximum Gasteiger partial charge on any atom is 0.255 e. The number of rotatable bonds is 10. The second-order valence-corrected chi connectivity index (χ2v) is 7.01. The van der Waals surface area contributed by atoms with Crippen molar-refractivity contribution in [2.75, 3.05) is 26.1 Å². The van der Waals surface area contributed by atoms with Crippen LogP contribution in [0.15, 0.2) is 42.5 Å². The lowest BCUT2D eigenvalue weighted by Crippen LogP contribution is -2.47. The SMILES string of the molecule is COc1ccc(NC(=O)C(NC(=O)c2ccccc2OC)C(C)C)cc1OCC(N)=O. The minimum atomic E-state index is -0.811. The lowest BCUT2D eigenvalue weighted by molar-refractivity contribution is -0.120. The molecular formula is C22H27N3O6. The molecule has 0 radical (unpaired) electrons. The average Bonchev–Trinajstić information content (AvgIpc) is 2.75. The number of methoxy groups -OCH3 is 2. The van der Waals surface area contributed by atoms with Gasteiger partial charge in [-0.3, -0.25) is 14.4 Å². The molecule has 0 heterocycles. The van der Waals surface area contributed by atoms with Crippen LogP contribution in [0.4, 0.5) is 5.69 Å². The number of carbonyl (C=O) groups excluding carboxylic acids is 3. The van der Waals surface area contributed by atoms with Crippen molar-refractivity contribution in [1.29, 1.82) is 0 Å². The Morgan fingerprint density at radius 1 is 0.968 bits per heavy atom. The van der Waals surface area contributed by atoms with Gasteiger partial charge in [-0.1, -0.05) is 26.0 Å². The molecule has 0 aliphatic carbocycles. The zero-order chi connectivity index (χ0) is 23.0. The monoisotopic (exact) mass is 429 g/mol. The van der Waals surface area contributed by atoms with Crippen molar-refractivity contribution in [2.45, 2.75) is 19.9 Å². The second-order valence-electron chi connectivity index (χ2n) is 7.01. The van der Waals surface area contributed by atoms with Gasteiger partial charge in [0.2, 0.25) is 5.91 Å². The number of carbonyl (C=O) groups is 3. The van der Waals surface area contributed by atoms with E-state index in [2.05, 4.69) is 10.6 Å². The van der Waals surface area contributed by atoms with Crippen molar-refractivity contribution in [3.8, 4) is 17.2 Å². The van der Waals surface area contributed by atoms with E-state index in [1.54, 1.807) is 36.4 Å². The van der Waals surface area contributed by atoms with Gasteiger partial charge in [-0.05, 0) is 30.2 Å². The molecule has 9 nitrogen and oxygen atoms in total. The van der Waals surface area contributed by atoms with E-state index in [1.165, 1.54) is 20.3 Å². The zero-order valence-corrected chi connectivity index (χ0v) is 17.9. The minimum Gasteiger partial charge on any atom is -0.496 e. The Morgan fingerprint density at radius 2 is 1.65 bits per heavy atom. The van der Waals surface area contributed by atoms with Crippen molar-refractivity contribution >= 4 is 23.4 Å². The van der Waals surface area contributed by atoms with E-state index in [-0.39, 0.29) is 18.3 Å². The number of hydrogen-bond acceptors (Lipinski definition) is 6. The smallest absolute Gasteiger partial charge is 0.255 e. The fourth-order valence-electron chi connectivity index (χ4n) is 2.82. The Bertz CT molecular complexity index is 945. The van der Waals surface area contributed by atoms with Crippen LogP contribution in [-0.4, -0.2) is 44.6 Å². The zero-order valence-electron chi connectivity index (χ0n) is 17.9. The summed E-state index contributed by atoms with van der Waals surface area (Å²) in [5.74, 6) is -0.634. The average molecular weight is 429 g/mol. The molecule has 166 valence electrons. The molecule has 0 bridgehead atoms. The van der Waals surface area contributed by atoms with Gasteiger partial charge in [-0.15, -0.1) is 0 Å². The van der Waals surface area contributed by atoms with Crippen molar-refractivity contribution < 1.29 is 28.6 Å². The standard InChI is InChI=1S/C22H27N3O6/c1-13(2)20(25-21(27)15-7-5-6-8-16(15)29-3)22(28)24-14-9-10-17(30-4)18(11-14)31-12-19(23)26/h5-11,13,20H,12H2,1-4H3,(H2,23,26)(H,24,28)(H,25,27). The van der Waals surface area contributed by atoms with E-state index in [1.807, 2.05) is 13.8 Å². The number of primary amides is 1. The molecule has 0 fully saturated rings. The third kappa shape index (κ3) is 6.36. The Kier molecular flexibility index (Phi) is 8.25. The highest BCUT2D eigenvalue weighted by Crippen LogP contribution is 2.30. The van der Waals surface area contributed by atoms with Gasteiger partial charge in [-0.25, -0.2) is 0 Å². The van der Waals surface area contributed by atoms with E-state index < -0.39 is 23.8 Å². The molecule has 1 unspecified atom stereocenters. The lowest BCUT2D eigenvalue weighted by Gasteiger charge is -2.22. The normalized spacial score (nSPS) is 11.4. The van der Waals surface area contributed by atoms with Gasteiger partial charge in [0.05, 0.1) is 19.8 Å². The molecule has 0 saturated carbocycles. The summed E-state index contributed by atoms with van der Waals surface area (Å²) in [4.78, 5) is 36.6. The number of para-hydroxylation sites is 1. The van der Waals surface area contributed by atoms with Gasteiger partial charge in [0.15, 0.2) is 18.1 Å². The number of anilines is 1. The molecule has 0 saturated heterocycles. The van der Waals surface area contributed by atoms with E-state index in [0.29, 0.717) is 22.7 Å². The van der Waals surface area contributed by atoms with Gasteiger partial charge in [-0.2, -0.15) is 0 Å². The fourth-order valence-corrected chi connectivity index (χ4v) is 2.82. The van der Waals surface area contributed by atoms with Gasteiger partial charge in [0.1, 0.15) is 11.8 Å². The van der Waals surface area contributed by atoms with Crippen molar-refractivity contribution in [1.82, 2.24) is 5.32 Å². The highest BCUT2D eigenvalue weighted by molar-refractivity contribution is 6.02. The van der Waals surface area contributed by atoms with E-state index in [9.17, 15) is 14.4 Å². The quantitative estimate of drug-likeness (QED) is 0.530. The first-order valence-corrected chi connectivity index (χ1v) is 9.60. The molecule has 2 rings (SSSR count). The van der Waals surface area contributed by atoms with Crippen molar-refractivity contribution in [2.24, 2.45) is 11.7 Å². The molecule has 31 heavy (non-hydrogen) atoms. The van der Waals surface area contributed by atoms with Crippen LogP contribution in [0.25, 0.3) is 0 Å². The van der Waals surface area contributed by atoms with Crippen LogP contribution in [0.5, 0.6) is 17.2 Å². The summed E-state index contributed by atoms with van der Waals surface area (Å²) in [7, 11) is 2.92. The van der Waals surface area contributed by atoms with E-state index in [4.69, 9.17) is 19.9 Å². The van der Waals surface area contributed by atoms with Gasteiger partial charge in [0.25, 0.3) is 11.8 Å². The third-order valence-corrected chi connectivity index (χ3v) is 4.39. The lowest BCUT2D eigenvalue weighted by atomic mass is 10.0. The Morgan fingerprint density at radius 3 is 2.26 bits per heavy atom. The summed E-state index contributed by atoms with van der Waals surface area (Å²) in [6, 6.07) is 10.7. The maximum absolute atomic E-state index is 12.9. The Labute approximate surface area is 180 Å². The largest absolute Gasteiger partial charge is 0.496 e. The maximum atomic E-state index is 12.9. The molecule has 1 atom stereocenters. The van der Waals surface area contributed by atoms with Crippen molar-refractivity contribution in [3.63, 3.8) is 0 Å². The molecular weight excluding hydrogens is 402 g/mol.